The van der Waals surface area contributed by atoms with Gasteiger partial charge in [0.2, 0.25) is 0 Å². The minimum atomic E-state index is 0.0471. The highest BCUT2D eigenvalue weighted by Crippen LogP contribution is 2.42. The van der Waals surface area contributed by atoms with Gasteiger partial charge in [0.15, 0.2) is 0 Å². The third-order valence-corrected chi connectivity index (χ3v) is 4.59. The van der Waals surface area contributed by atoms with Crippen molar-refractivity contribution in [1.82, 2.24) is 0 Å². The molecular formula is C14H25NO2. The molecule has 1 saturated carbocycles. The molecule has 17 heavy (non-hydrogen) atoms. The summed E-state index contributed by atoms with van der Waals surface area (Å²) in [5.74, 6) is 0.663. The highest BCUT2D eigenvalue weighted by molar-refractivity contribution is 5.83. The SMILES string of the molecule is CCC(CN)C(=O)C1CCOC2(CCCC2)C1. The van der Waals surface area contributed by atoms with Crippen LogP contribution in [0, 0.1) is 11.8 Å². The molecule has 1 saturated heterocycles. The van der Waals surface area contributed by atoms with Gasteiger partial charge >= 0.3 is 0 Å². The molecule has 3 heteroatoms. The summed E-state index contributed by atoms with van der Waals surface area (Å²) in [6.07, 6.45) is 7.54. The maximum absolute atomic E-state index is 12.4. The van der Waals surface area contributed by atoms with Crippen LogP contribution in [-0.2, 0) is 9.53 Å². The Morgan fingerprint density at radius 3 is 2.76 bits per heavy atom. The molecule has 98 valence electrons. The van der Waals surface area contributed by atoms with Crippen LogP contribution in [0.4, 0.5) is 0 Å². The summed E-state index contributed by atoms with van der Waals surface area (Å²) in [6, 6.07) is 0. The molecule has 0 aromatic heterocycles. The fourth-order valence-corrected chi connectivity index (χ4v) is 3.46. The van der Waals surface area contributed by atoms with Crippen LogP contribution in [0.2, 0.25) is 0 Å². The van der Waals surface area contributed by atoms with Gasteiger partial charge in [0.1, 0.15) is 5.78 Å². The van der Waals surface area contributed by atoms with E-state index in [4.69, 9.17) is 10.5 Å². The van der Waals surface area contributed by atoms with Gasteiger partial charge in [-0.3, -0.25) is 4.79 Å². The molecule has 0 radical (unpaired) electrons. The van der Waals surface area contributed by atoms with Gasteiger partial charge in [-0.05, 0) is 32.1 Å². The predicted octanol–water partition coefficient (Wildman–Crippen LogP) is 2.28. The number of ketones is 1. The number of ether oxygens (including phenoxy) is 1. The first-order valence-electron chi connectivity index (χ1n) is 7.08. The molecular weight excluding hydrogens is 214 g/mol. The minimum absolute atomic E-state index is 0.0471. The van der Waals surface area contributed by atoms with Crippen LogP contribution in [0.1, 0.15) is 51.9 Å². The Kier molecular flexibility index (Phi) is 4.21. The molecule has 0 bridgehead atoms. The maximum Gasteiger partial charge on any atom is 0.140 e. The number of carbonyl (C=O) groups excluding carboxylic acids is 1. The standard InChI is InChI=1S/C14H25NO2/c1-2-11(10-15)13(16)12-5-8-17-14(9-12)6-3-4-7-14/h11-12H,2-10,15H2,1H3. The molecule has 1 heterocycles. The molecule has 2 N–H and O–H groups in total. The van der Waals surface area contributed by atoms with E-state index in [-0.39, 0.29) is 17.4 Å². The molecule has 1 spiro atoms. The Balaban J connectivity index is 1.99. The zero-order valence-corrected chi connectivity index (χ0v) is 10.9. The average Bonchev–Trinajstić information content (AvgIpc) is 2.78. The molecule has 2 atom stereocenters. The lowest BCUT2D eigenvalue weighted by molar-refractivity contribution is -0.139. The van der Waals surface area contributed by atoms with Gasteiger partial charge < -0.3 is 10.5 Å². The Hall–Kier alpha value is -0.410. The van der Waals surface area contributed by atoms with Crippen LogP contribution in [-0.4, -0.2) is 24.5 Å². The molecule has 2 fully saturated rings. The number of hydrogen-bond acceptors (Lipinski definition) is 3. The quantitative estimate of drug-likeness (QED) is 0.819. The first kappa shape index (κ1) is 13.0. The van der Waals surface area contributed by atoms with Crippen molar-refractivity contribution < 1.29 is 9.53 Å². The van der Waals surface area contributed by atoms with Crippen molar-refractivity contribution in [3.05, 3.63) is 0 Å². The van der Waals surface area contributed by atoms with Crippen LogP contribution in [0.5, 0.6) is 0 Å². The molecule has 0 aromatic rings. The Morgan fingerprint density at radius 1 is 1.47 bits per heavy atom. The molecule has 1 aliphatic carbocycles. The molecule has 3 nitrogen and oxygen atoms in total. The zero-order valence-electron chi connectivity index (χ0n) is 10.9. The van der Waals surface area contributed by atoms with E-state index in [2.05, 4.69) is 6.92 Å². The van der Waals surface area contributed by atoms with Gasteiger partial charge in [-0.15, -0.1) is 0 Å². The Morgan fingerprint density at radius 2 is 2.18 bits per heavy atom. The molecule has 0 aromatic carbocycles. The van der Waals surface area contributed by atoms with E-state index in [1.807, 2.05) is 0 Å². The minimum Gasteiger partial charge on any atom is -0.375 e. The van der Waals surface area contributed by atoms with E-state index in [9.17, 15) is 4.79 Å². The predicted molar refractivity (Wildman–Crippen MR) is 67.7 cm³/mol. The highest BCUT2D eigenvalue weighted by atomic mass is 16.5. The smallest absolute Gasteiger partial charge is 0.140 e. The van der Waals surface area contributed by atoms with Crippen molar-refractivity contribution in [2.45, 2.75) is 57.5 Å². The monoisotopic (exact) mass is 239 g/mol. The summed E-state index contributed by atoms with van der Waals surface area (Å²) >= 11 is 0. The van der Waals surface area contributed by atoms with E-state index >= 15 is 0 Å². The Bertz CT molecular complexity index is 267. The lowest BCUT2D eigenvalue weighted by atomic mass is 9.78. The van der Waals surface area contributed by atoms with Crippen molar-refractivity contribution in [2.75, 3.05) is 13.2 Å². The second kappa shape index (κ2) is 5.49. The van der Waals surface area contributed by atoms with E-state index in [0.29, 0.717) is 12.3 Å². The maximum atomic E-state index is 12.4. The summed E-state index contributed by atoms with van der Waals surface area (Å²) in [6.45, 7) is 3.32. The van der Waals surface area contributed by atoms with Gasteiger partial charge in [-0.1, -0.05) is 19.8 Å². The van der Waals surface area contributed by atoms with Crippen molar-refractivity contribution >= 4 is 5.78 Å². The van der Waals surface area contributed by atoms with Gasteiger partial charge in [-0.25, -0.2) is 0 Å². The van der Waals surface area contributed by atoms with E-state index in [0.717, 1.165) is 38.7 Å². The van der Waals surface area contributed by atoms with Crippen molar-refractivity contribution in [2.24, 2.45) is 17.6 Å². The highest BCUT2D eigenvalue weighted by Gasteiger charge is 2.42. The van der Waals surface area contributed by atoms with Gasteiger partial charge in [0.25, 0.3) is 0 Å². The van der Waals surface area contributed by atoms with Crippen LogP contribution >= 0.6 is 0 Å². The summed E-state index contributed by atoms with van der Waals surface area (Å²) in [5, 5.41) is 0. The topological polar surface area (TPSA) is 52.3 Å². The molecule has 1 aliphatic heterocycles. The molecule has 2 unspecified atom stereocenters. The number of rotatable bonds is 4. The van der Waals surface area contributed by atoms with Crippen LogP contribution < -0.4 is 5.73 Å². The third-order valence-electron chi connectivity index (χ3n) is 4.59. The second-order valence-electron chi connectivity index (χ2n) is 5.67. The van der Waals surface area contributed by atoms with Gasteiger partial charge in [0.05, 0.1) is 5.60 Å². The largest absolute Gasteiger partial charge is 0.375 e. The van der Waals surface area contributed by atoms with E-state index in [1.54, 1.807) is 0 Å². The van der Waals surface area contributed by atoms with Crippen LogP contribution in [0.25, 0.3) is 0 Å². The number of nitrogens with two attached hydrogens (primary N) is 1. The summed E-state index contributed by atoms with van der Waals surface area (Å²) < 4.78 is 5.97. The fraction of sp³-hybridized carbons (Fsp3) is 0.929. The Labute approximate surface area is 104 Å². The lowest BCUT2D eigenvalue weighted by Crippen LogP contribution is -2.42. The first-order chi connectivity index (χ1) is 8.21. The molecule has 2 rings (SSSR count). The zero-order chi connectivity index (χ0) is 12.3. The van der Waals surface area contributed by atoms with E-state index in [1.165, 1.54) is 12.8 Å². The first-order valence-corrected chi connectivity index (χ1v) is 7.08. The number of Topliss-reactive ketones (excluding diaryl/α,β-unsaturated/α-hetero) is 1. The van der Waals surface area contributed by atoms with Gasteiger partial charge in [-0.2, -0.15) is 0 Å². The lowest BCUT2D eigenvalue weighted by Gasteiger charge is -2.38. The molecule has 0 amide bonds. The van der Waals surface area contributed by atoms with E-state index < -0.39 is 0 Å². The second-order valence-corrected chi connectivity index (χ2v) is 5.67. The summed E-state index contributed by atoms with van der Waals surface area (Å²) in [5.41, 5.74) is 5.73. The molecule has 2 aliphatic rings. The normalized spacial score (nSPS) is 29.4. The number of carbonyl (C=O) groups is 1. The van der Waals surface area contributed by atoms with Crippen LogP contribution in [0.15, 0.2) is 0 Å². The average molecular weight is 239 g/mol. The number of hydrogen-bond donors (Lipinski definition) is 1. The van der Waals surface area contributed by atoms with Gasteiger partial charge in [0, 0.05) is 25.0 Å². The summed E-state index contributed by atoms with van der Waals surface area (Å²) in [4.78, 5) is 12.4. The fourth-order valence-electron chi connectivity index (χ4n) is 3.46. The van der Waals surface area contributed by atoms with Crippen LogP contribution in [0.3, 0.4) is 0 Å². The van der Waals surface area contributed by atoms with Crippen molar-refractivity contribution in [3.8, 4) is 0 Å². The van der Waals surface area contributed by atoms with Crippen molar-refractivity contribution in [1.29, 1.82) is 0 Å². The third kappa shape index (κ3) is 2.71. The van der Waals surface area contributed by atoms with Crippen molar-refractivity contribution in [3.63, 3.8) is 0 Å². The summed E-state index contributed by atoms with van der Waals surface area (Å²) in [7, 11) is 0.